The number of amides is 1. The first kappa shape index (κ1) is 20.0. The van der Waals surface area contributed by atoms with Crippen LogP contribution in [0.1, 0.15) is 22.8 Å². The van der Waals surface area contributed by atoms with Crippen molar-refractivity contribution in [3.8, 4) is 11.1 Å². The Labute approximate surface area is 171 Å². The summed E-state index contributed by atoms with van der Waals surface area (Å²) in [6, 6.07) is 9.59. The maximum absolute atomic E-state index is 12.6. The summed E-state index contributed by atoms with van der Waals surface area (Å²) >= 11 is 2.54. The number of carbonyl (C=O) groups is 2. The molecule has 0 saturated carbocycles. The molecule has 0 aliphatic rings. The van der Waals surface area contributed by atoms with Gasteiger partial charge in [0.1, 0.15) is 10.6 Å². The largest absolute Gasteiger partial charge is 0.462 e. The molecule has 1 aromatic carbocycles. The van der Waals surface area contributed by atoms with E-state index in [4.69, 9.17) is 4.74 Å². The zero-order valence-electron chi connectivity index (χ0n) is 15.5. The molecule has 0 atom stereocenters. The molecule has 28 heavy (non-hydrogen) atoms. The van der Waals surface area contributed by atoms with Gasteiger partial charge in [0.05, 0.1) is 12.4 Å². The Morgan fingerprint density at radius 1 is 1.18 bits per heavy atom. The number of thiophene rings is 1. The lowest BCUT2D eigenvalue weighted by Gasteiger charge is -2.09. The molecule has 0 bridgehead atoms. The van der Waals surface area contributed by atoms with Gasteiger partial charge in [-0.1, -0.05) is 41.6 Å². The van der Waals surface area contributed by atoms with Crippen molar-refractivity contribution in [3.05, 3.63) is 59.2 Å². The molecule has 8 heteroatoms. The van der Waals surface area contributed by atoms with Crippen LogP contribution in [0.25, 0.3) is 11.1 Å². The van der Waals surface area contributed by atoms with Crippen molar-refractivity contribution in [1.29, 1.82) is 0 Å². The Morgan fingerprint density at radius 3 is 2.57 bits per heavy atom. The van der Waals surface area contributed by atoms with Gasteiger partial charge >= 0.3 is 5.97 Å². The van der Waals surface area contributed by atoms with Crippen LogP contribution in [-0.2, 0) is 9.53 Å². The van der Waals surface area contributed by atoms with Gasteiger partial charge in [-0.3, -0.25) is 4.79 Å². The Morgan fingerprint density at radius 2 is 1.89 bits per heavy atom. The van der Waals surface area contributed by atoms with Gasteiger partial charge in [0.25, 0.3) is 0 Å². The van der Waals surface area contributed by atoms with Gasteiger partial charge in [-0.2, -0.15) is 0 Å². The number of aryl methyl sites for hydroxylation is 1. The average molecular weight is 414 g/mol. The van der Waals surface area contributed by atoms with E-state index >= 15 is 0 Å². The molecule has 0 spiro atoms. The first-order valence-corrected chi connectivity index (χ1v) is 10.5. The lowest BCUT2D eigenvalue weighted by Crippen LogP contribution is -2.16. The van der Waals surface area contributed by atoms with Crippen LogP contribution in [0.3, 0.4) is 0 Å². The molecule has 3 rings (SSSR count). The Kier molecular flexibility index (Phi) is 6.78. The third kappa shape index (κ3) is 4.96. The van der Waals surface area contributed by atoms with E-state index in [9.17, 15) is 9.59 Å². The van der Waals surface area contributed by atoms with Crippen LogP contribution in [0.15, 0.2) is 53.3 Å². The fourth-order valence-corrected chi connectivity index (χ4v) is 4.03. The zero-order chi connectivity index (χ0) is 19.9. The van der Waals surface area contributed by atoms with Crippen LogP contribution >= 0.6 is 23.1 Å². The minimum Gasteiger partial charge on any atom is -0.462 e. The fourth-order valence-electron chi connectivity index (χ4n) is 2.45. The molecule has 0 fully saturated rings. The second-order valence-corrected chi connectivity index (χ2v) is 7.63. The topological polar surface area (TPSA) is 81.2 Å². The number of carbonyl (C=O) groups excluding carboxylic acids is 2. The number of nitrogens with zero attached hydrogens (tertiary/aromatic N) is 2. The number of ether oxygens (including phenoxy) is 1. The highest BCUT2D eigenvalue weighted by molar-refractivity contribution is 7.99. The molecule has 0 radical (unpaired) electrons. The number of hydrogen-bond donors (Lipinski definition) is 1. The summed E-state index contributed by atoms with van der Waals surface area (Å²) in [6.07, 6.45) is 3.25. The summed E-state index contributed by atoms with van der Waals surface area (Å²) < 4.78 is 5.21. The standard InChI is InChI=1S/C20H19N3O3S2/c1-3-26-19(25)17-15(14-7-5-13(2)6-8-14)11-27-18(17)23-16(24)12-28-20-21-9-4-10-22-20/h4-11H,3,12H2,1-2H3,(H,23,24). The fraction of sp³-hybridized carbons (Fsp3) is 0.200. The second-order valence-electron chi connectivity index (χ2n) is 5.81. The number of thioether (sulfide) groups is 1. The summed E-state index contributed by atoms with van der Waals surface area (Å²) in [5.74, 6) is -0.543. The molecule has 1 amide bonds. The van der Waals surface area contributed by atoms with Crippen molar-refractivity contribution in [1.82, 2.24) is 9.97 Å². The van der Waals surface area contributed by atoms with Gasteiger partial charge in [0, 0.05) is 23.3 Å². The van der Waals surface area contributed by atoms with Gasteiger partial charge in [0.15, 0.2) is 5.16 Å². The Hall–Kier alpha value is -2.71. The highest BCUT2D eigenvalue weighted by Gasteiger charge is 2.22. The predicted octanol–water partition coefficient (Wildman–Crippen LogP) is 4.42. The lowest BCUT2D eigenvalue weighted by molar-refractivity contribution is -0.113. The summed E-state index contributed by atoms with van der Waals surface area (Å²) in [7, 11) is 0. The Bertz CT molecular complexity index is 957. The predicted molar refractivity (Wildman–Crippen MR) is 112 cm³/mol. The molecule has 6 nitrogen and oxygen atoms in total. The number of benzene rings is 1. The van der Waals surface area contributed by atoms with Crippen molar-refractivity contribution in [2.24, 2.45) is 0 Å². The van der Waals surface area contributed by atoms with E-state index in [0.29, 0.717) is 15.7 Å². The SMILES string of the molecule is CCOC(=O)c1c(-c2ccc(C)cc2)csc1NC(=O)CSc1ncccn1. The van der Waals surface area contributed by atoms with Crippen LogP contribution in [0.5, 0.6) is 0 Å². The van der Waals surface area contributed by atoms with E-state index in [1.54, 1.807) is 25.4 Å². The molecule has 0 unspecified atom stereocenters. The smallest absolute Gasteiger partial charge is 0.341 e. The molecule has 3 aromatic rings. The minimum absolute atomic E-state index is 0.143. The van der Waals surface area contributed by atoms with Gasteiger partial charge in [-0.25, -0.2) is 14.8 Å². The van der Waals surface area contributed by atoms with E-state index < -0.39 is 5.97 Å². The van der Waals surface area contributed by atoms with E-state index in [-0.39, 0.29) is 18.3 Å². The van der Waals surface area contributed by atoms with Gasteiger partial charge in [0.2, 0.25) is 5.91 Å². The monoisotopic (exact) mass is 413 g/mol. The summed E-state index contributed by atoms with van der Waals surface area (Å²) in [6.45, 7) is 4.02. The summed E-state index contributed by atoms with van der Waals surface area (Å²) in [5.41, 5.74) is 3.16. The van der Waals surface area contributed by atoms with Crippen molar-refractivity contribution in [2.45, 2.75) is 19.0 Å². The lowest BCUT2D eigenvalue weighted by atomic mass is 10.0. The second kappa shape index (κ2) is 9.48. The maximum atomic E-state index is 12.6. The van der Waals surface area contributed by atoms with Crippen molar-refractivity contribution < 1.29 is 14.3 Å². The van der Waals surface area contributed by atoms with E-state index in [1.165, 1.54) is 23.1 Å². The summed E-state index contributed by atoms with van der Waals surface area (Å²) in [5, 5.41) is 5.69. The van der Waals surface area contributed by atoms with Gasteiger partial charge in [-0.15, -0.1) is 11.3 Å². The molecular formula is C20H19N3O3S2. The number of esters is 1. The highest BCUT2D eigenvalue weighted by Crippen LogP contribution is 2.36. The molecule has 2 aromatic heterocycles. The third-order valence-electron chi connectivity index (χ3n) is 3.76. The first-order chi connectivity index (χ1) is 13.6. The van der Waals surface area contributed by atoms with Crippen LogP contribution in [0.2, 0.25) is 0 Å². The number of aromatic nitrogens is 2. The molecule has 2 heterocycles. The van der Waals surface area contributed by atoms with E-state index in [1.807, 2.05) is 36.6 Å². The van der Waals surface area contributed by atoms with Gasteiger partial charge < -0.3 is 10.1 Å². The van der Waals surface area contributed by atoms with E-state index in [2.05, 4.69) is 15.3 Å². The van der Waals surface area contributed by atoms with Crippen LogP contribution in [0, 0.1) is 6.92 Å². The van der Waals surface area contributed by atoms with Crippen LogP contribution < -0.4 is 5.32 Å². The third-order valence-corrected chi connectivity index (χ3v) is 5.53. The van der Waals surface area contributed by atoms with Crippen molar-refractivity contribution in [3.63, 3.8) is 0 Å². The molecule has 0 saturated heterocycles. The number of hydrogen-bond acceptors (Lipinski definition) is 7. The Balaban J connectivity index is 1.80. The zero-order valence-corrected chi connectivity index (χ0v) is 17.1. The number of rotatable bonds is 7. The van der Waals surface area contributed by atoms with E-state index in [0.717, 1.165) is 16.7 Å². The molecule has 144 valence electrons. The van der Waals surface area contributed by atoms with Crippen molar-refractivity contribution >= 4 is 40.0 Å². The molecular weight excluding hydrogens is 394 g/mol. The number of anilines is 1. The summed E-state index contributed by atoms with van der Waals surface area (Å²) in [4.78, 5) is 33.1. The normalized spacial score (nSPS) is 10.5. The van der Waals surface area contributed by atoms with Crippen LogP contribution in [0.4, 0.5) is 5.00 Å². The molecule has 1 N–H and O–H groups in total. The molecule has 0 aliphatic heterocycles. The number of nitrogens with one attached hydrogen (secondary N) is 1. The van der Waals surface area contributed by atoms with Crippen molar-refractivity contribution in [2.75, 3.05) is 17.7 Å². The average Bonchev–Trinajstić information content (AvgIpc) is 3.11. The highest BCUT2D eigenvalue weighted by atomic mass is 32.2. The first-order valence-electron chi connectivity index (χ1n) is 8.63. The minimum atomic E-state index is -0.450. The van der Waals surface area contributed by atoms with Crippen LogP contribution in [-0.4, -0.2) is 34.2 Å². The maximum Gasteiger partial charge on any atom is 0.341 e. The molecule has 0 aliphatic carbocycles. The van der Waals surface area contributed by atoms with Gasteiger partial charge in [-0.05, 0) is 25.5 Å². The quantitative estimate of drug-likeness (QED) is 0.351.